The molecular formula is C11H18N2S. The van der Waals surface area contributed by atoms with Gasteiger partial charge in [-0.25, -0.2) is 4.98 Å². The molecule has 2 rings (SSSR count). The lowest BCUT2D eigenvalue weighted by molar-refractivity contribution is 0.318. The Labute approximate surface area is 89.8 Å². The van der Waals surface area contributed by atoms with E-state index in [1.807, 2.05) is 11.6 Å². The molecule has 1 fully saturated rings. The van der Waals surface area contributed by atoms with Gasteiger partial charge in [0.25, 0.3) is 0 Å². The summed E-state index contributed by atoms with van der Waals surface area (Å²) in [5, 5.41) is 6.46. The molecule has 1 saturated carbocycles. The highest BCUT2D eigenvalue weighted by atomic mass is 32.1. The minimum Gasteiger partial charge on any atom is -0.362 e. The summed E-state index contributed by atoms with van der Waals surface area (Å²) >= 11 is 1.68. The molecule has 0 amide bonds. The third-order valence-corrected chi connectivity index (χ3v) is 3.98. The second kappa shape index (κ2) is 4.30. The number of hydrogen-bond donors (Lipinski definition) is 1. The summed E-state index contributed by atoms with van der Waals surface area (Å²) in [5.41, 5.74) is 0.601. The maximum Gasteiger partial charge on any atom is 0.182 e. The maximum atomic E-state index is 4.21. The van der Waals surface area contributed by atoms with Crippen molar-refractivity contribution in [3.05, 3.63) is 11.6 Å². The monoisotopic (exact) mass is 210 g/mol. The van der Waals surface area contributed by atoms with Crippen LogP contribution in [0.15, 0.2) is 11.6 Å². The molecule has 1 aliphatic carbocycles. The minimum atomic E-state index is 0.601. The van der Waals surface area contributed by atoms with Crippen LogP contribution in [0.3, 0.4) is 0 Å². The Hall–Kier alpha value is -0.570. The Morgan fingerprint density at radius 1 is 1.50 bits per heavy atom. The van der Waals surface area contributed by atoms with Crippen LogP contribution in [0, 0.1) is 5.41 Å². The van der Waals surface area contributed by atoms with Crippen molar-refractivity contribution in [1.82, 2.24) is 4.98 Å². The zero-order valence-electron chi connectivity index (χ0n) is 8.75. The number of nitrogens with one attached hydrogen (secondary N) is 1. The van der Waals surface area contributed by atoms with Crippen molar-refractivity contribution in [2.75, 3.05) is 11.9 Å². The van der Waals surface area contributed by atoms with Crippen molar-refractivity contribution in [2.24, 2.45) is 5.41 Å². The topological polar surface area (TPSA) is 24.9 Å². The van der Waals surface area contributed by atoms with E-state index in [9.17, 15) is 0 Å². The predicted molar refractivity (Wildman–Crippen MR) is 61.8 cm³/mol. The van der Waals surface area contributed by atoms with Gasteiger partial charge in [-0.3, -0.25) is 0 Å². The molecule has 0 aliphatic heterocycles. The average molecular weight is 210 g/mol. The first kappa shape index (κ1) is 9.97. The highest BCUT2D eigenvalue weighted by molar-refractivity contribution is 7.13. The molecule has 3 heteroatoms. The van der Waals surface area contributed by atoms with E-state index < -0.39 is 0 Å². The third kappa shape index (κ3) is 2.47. The van der Waals surface area contributed by atoms with Crippen LogP contribution in [0.25, 0.3) is 0 Å². The van der Waals surface area contributed by atoms with Crippen LogP contribution in [0.4, 0.5) is 5.13 Å². The summed E-state index contributed by atoms with van der Waals surface area (Å²) in [5.74, 6) is 0. The van der Waals surface area contributed by atoms with Crippen molar-refractivity contribution in [3.63, 3.8) is 0 Å². The van der Waals surface area contributed by atoms with Crippen molar-refractivity contribution in [1.29, 1.82) is 0 Å². The van der Waals surface area contributed by atoms with E-state index in [1.54, 1.807) is 11.3 Å². The van der Waals surface area contributed by atoms with Crippen molar-refractivity contribution >= 4 is 16.5 Å². The first-order valence-electron chi connectivity index (χ1n) is 5.42. The Bertz CT molecular complexity index is 263. The Morgan fingerprint density at radius 2 is 2.29 bits per heavy atom. The summed E-state index contributed by atoms with van der Waals surface area (Å²) in [6.07, 6.45) is 8.80. The van der Waals surface area contributed by atoms with E-state index in [0.717, 1.165) is 11.7 Å². The minimum absolute atomic E-state index is 0.601. The fourth-order valence-corrected chi connectivity index (χ4v) is 2.82. The van der Waals surface area contributed by atoms with Gasteiger partial charge >= 0.3 is 0 Å². The van der Waals surface area contributed by atoms with Gasteiger partial charge in [0.05, 0.1) is 0 Å². The molecule has 0 unspecified atom stereocenters. The molecule has 1 N–H and O–H groups in total. The van der Waals surface area contributed by atoms with E-state index in [4.69, 9.17) is 0 Å². The number of nitrogens with zero attached hydrogens (tertiary/aromatic N) is 1. The van der Waals surface area contributed by atoms with Crippen molar-refractivity contribution in [3.8, 4) is 0 Å². The molecule has 78 valence electrons. The molecule has 1 aliphatic rings. The van der Waals surface area contributed by atoms with Crippen LogP contribution in [0.2, 0.25) is 0 Å². The van der Waals surface area contributed by atoms with Gasteiger partial charge < -0.3 is 5.32 Å². The van der Waals surface area contributed by atoms with E-state index in [2.05, 4.69) is 17.2 Å². The normalized spacial score (nSPS) is 19.8. The van der Waals surface area contributed by atoms with Crippen LogP contribution in [0.5, 0.6) is 0 Å². The van der Waals surface area contributed by atoms with Crippen LogP contribution < -0.4 is 5.32 Å². The first-order chi connectivity index (χ1) is 6.79. The van der Waals surface area contributed by atoms with E-state index in [1.165, 1.54) is 32.1 Å². The quantitative estimate of drug-likeness (QED) is 0.822. The molecular weight excluding hydrogens is 192 g/mol. The van der Waals surface area contributed by atoms with Crippen molar-refractivity contribution < 1.29 is 0 Å². The molecule has 2 nitrogen and oxygen atoms in total. The summed E-state index contributed by atoms with van der Waals surface area (Å²) in [4.78, 5) is 4.21. The third-order valence-electron chi connectivity index (χ3n) is 3.25. The van der Waals surface area contributed by atoms with E-state index in [-0.39, 0.29) is 0 Å². The van der Waals surface area contributed by atoms with Crippen LogP contribution in [0.1, 0.15) is 39.0 Å². The summed E-state index contributed by atoms with van der Waals surface area (Å²) in [6, 6.07) is 0. The highest BCUT2D eigenvalue weighted by Gasteiger charge is 2.27. The highest BCUT2D eigenvalue weighted by Crippen LogP contribution is 2.40. The number of hydrogen-bond acceptors (Lipinski definition) is 3. The molecule has 14 heavy (non-hydrogen) atoms. The molecule has 1 aromatic rings. The maximum absolute atomic E-state index is 4.21. The summed E-state index contributed by atoms with van der Waals surface area (Å²) in [6.45, 7) is 3.49. The SMILES string of the molecule is CC1(CCNc2nccs2)CCCC1. The molecule has 0 bridgehead atoms. The number of rotatable bonds is 4. The Morgan fingerprint density at radius 3 is 2.93 bits per heavy atom. The summed E-state index contributed by atoms with van der Waals surface area (Å²) in [7, 11) is 0. The smallest absolute Gasteiger partial charge is 0.182 e. The van der Waals surface area contributed by atoms with Gasteiger partial charge in [0, 0.05) is 18.1 Å². The molecule has 0 spiro atoms. The van der Waals surface area contributed by atoms with Gasteiger partial charge in [0.1, 0.15) is 0 Å². The van der Waals surface area contributed by atoms with Crippen molar-refractivity contribution in [2.45, 2.75) is 39.0 Å². The standard InChI is InChI=1S/C11H18N2S/c1-11(4-2-3-5-11)6-7-12-10-13-8-9-14-10/h8-9H,2-7H2,1H3,(H,12,13). The Kier molecular flexibility index (Phi) is 3.06. The number of aromatic nitrogens is 1. The van der Waals surface area contributed by atoms with Gasteiger partial charge in [0.2, 0.25) is 0 Å². The largest absolute Gasteiger partial charge is 0.362 e. The van der Waals surface area contributed by atoms with Crippen LogP contribution in [-0.4, -0.2) is 11.5 Å². The van der Waals surface area contributed by atoms with E-state index in [0.29, 0.717) is 5.41 Å². The van der Waals surface area contributed by atoms with Gasteiger partial charge in [-0.1, -0.05) is 19.8 Å². The van der Waals surface area contributed by atoms with Gasteiger partial charge in [-0.2, -0.15) is 0 Å². The van der Waals surface area contributed by atoms with Crippen LogP contribution in [-0.2, 0) is 0 Å². The average Bonchev–Trinajstić information content (AvgIpc) is 2.77. The lowest BCUT2D eigenvalue weighted by atomic mass is 9.85. The molecule has 1 aromatic heterocycles. The molecule has 0 aromatic carbocycles. The van der Waals surface area contributed by atoms with Gasteiger partial charge in [-0.05, 0) is 24.7 Å². The van der Waals surface area contributed by atoms with E-state index >= 15 is 0 Å². The molecule has 1 heterocycles. The number of thiazole rings is 1. The van der Waals surface area contributed by atoms with Gasteiger partial charge in [0.15, 0.2) is 5.13 Å². The lowest BCUT2D eigenvalue weighted by Crippen LogP contribution is -2.16. The second-order valence-electron chi connectivity index (χ2n) is 4.53. The first-order valence-corrected chi connectivity index (χ1v) is 6.30. The molecule has 0 radical (unpaired) electrons. The fraction of sp³-hybridized carbons (Fsp3) is 0.727. The number of anilines is 1. The second-order valence-corrected chi connectivity index (χ2v) is 5.43. The van der Waals surface area contributed by atoms with Gasteiger partial charge in [-0.15, -0.1) is 11.3 Å². The molecule has 0 atom stereocenters. The molecule has 0 saturated heterocycles. The fourth-order valence-electron chi connectivity index (χ4n) is 2.26. The zero-order valence-corrected chi connectivity index (χ0v) is 9.57. The van der Waals surface area contributed by atoms with Crippen LogP contribution >= 0.6 is 11.3 Å². The Balaban J connectivity index is 1.72. The summed E-state index contributed by atoms with van der Waals surface area (Å²) < 4.78 is 0. The lowest BCUT2D eigenvalue weighted by Gasteiger charge is -2.23. The zero-order chi connectivity index (χ0) is 9.86. The predicted octanol–water partition coefficient (Wildman–Crippen LogP) is 3.53.